The number of phenols is 2. The molecule has 0 aliphatic rings. The van der Waals surface area contributed by atoms with E-state index in [4.69, 9.17) is 14.2 Å². The van der Waals surface area contributed by atoms with Crippen molar-refractivity contribution in [2.75, 3.05) is 7.11 Å². The number of hydrogen-bond donors (Lipinski definition) is 2. The third kappa shape index (κ3) is 3.11. The maximum atomic E-state index is 11.5. The number of phenolic OH excluding ortho intramolecular Hbond substituents is 2. The van der Waals surface area contributed by atoms with Crippen molar-refractivity contribution in [2.45, 2.75) is 0 Å². The van der Waals surface area contributed by atoms with Crippen molar-refractivity contribution in [3.8, 4) is 28.7 Å². The molecule has 0 unspecified atom stereocenters. The van der Waals surface area contributed by atoms with E-state index in [1.165, 1.54) is 37.4 Å². The Morgan fingerprint density at radius 2 is 1.70 bits per heavy atom. The van der Waals surface area contributed by atoms with Gasteiger partial charge in [0.05, 0.1) is 7.11 Å². The van der Waals surface area contributed by atoms with E-state index >= 15 is 0 Å². The zero-order chi connectivity index (χ0) is 14.5. The van der Waals surface area contributed by atoms with Gasteiger partial charge in [-0.05, 0) is 24.3 Å². The molecule has 6 heteroatoms. The monoisotopic (exact) mass is 276 g/mol. The summed E-state index contributed by atoms with van der Waals surface area (Å²) in [5.74, 6) is -0.0206. The summed E-state index contributed by atoms with van der Waals surface area (Å²) in [4.78, 5) is 11.5. The molecule has 0 aliphatic heterocycles. The Bertz CT molecular complexity index is 623. The highest BCUT2D eigenvalue weighted by molar-refractivity contribution is 5.68. The van der Waals surface area contributed by atoms with Gasteiger partial charge in [0.15, 0.2) is 23.0 Å². The average molecular weight is 276 g/mol. The molecule has 2 aromatic rings. The van der Waals surface area contributed by atoms with E-state index in [0.29, 0.717) is 0 Å². The lowest BCUT2D eigenvalue weighted by atomic mass is 10.3. The molecule has 0 bridgehead atoms. The summed E-state index contributed by atoms with van der Waals surface area (Å²) < 4.78 is 14.5. The molecule has 0 aliphatic carbocycles. The van der Waals surface area contributed by atoms with Crippen LogP contribution in [0.2, 0.25) is 0 Å². The molecule has 0 saturated heterocycles. The Morgan fingerprint density at radius 1 is 0.950 bits per heavy atom. The molecule has 0 aromatic heterocycles. The molecule has 0 amide bonds. The summed E-state index contributed by atoms with van der Waals surface area (Å²) in [5.41, 5.74) is 0. The molecule has 6 nitrogen and oxygen atoms in total. The first-order valence-electron chi connectivity index (χ1n) is 5.65. The Kier molecular flexibility index (Phi) is 3.95. The van der Waals surface area contributed by atoms with Crippen LogP contribution in [0.3, 0.4) is 0 Å². The Labute approximate surface area is 114 Å². The summed E-state index contributed by atoms with van der Waals surface area (Å²) in [5, 5.41) is 19.0. The Morgan fingerprint density at radius 3 is 2.35 bits per heavy atom. The second kappa shape index (κ2) is 5.83. The van der Waals surface area contributed by atoms with Crippen molar-refractivity contribution in [1.29, 1.82) is 0 Å². The molecule has 2 rings (SSSR count). The van der Waals surface area contributed by atoms with E-state index < -0.39 is 6.16 Å². The first-order valence-corrected chi connectivity index (χ1v) is 5.65. The maximum Gasteiger partial charge on any atom is 0.519 e. The van der Waals surface area contributed by atoms with Crippen molar-refractivity contribution < 1.29 is 29.2 Å². The van der Waals surface area contributed by atoms with Crippen molar-refractivity contribution in [3.63, 3.8) is 0 Å². The van der Waals surface area contributed by atoms with Gasteiger partial charge in [0, 0.05) is 6.07 Å². The molecule has 0 spiro atoms. The van der Waals surface area contributed by atoms with Crippen LogP contribution < -0.4 is 14.2 Å². The van der Waals surface area contributed by atoms with Crippen LogP contribution in [0.4, 0.5) is 4.79 Å². The molecule has 0 fully saturated rings. The van der Waals surface area contributed by atoms with E-state index in [1.54, 1.807) is 12.1 Å². The Balaban J connectivity index is 2.05. The van der Waals surface area contributed by atoms with E-state index in [0.717, 1.165) is 0 Å². The topological polar surface area (TPSA) is 85.2 Å². The third-order valence-corrected chi connectivity index (χ3v) is 2.41. The SMILES string of the molecule is COc1ccc(OC(=O)Oc2ccccc2O)cc1O. The van der Waals surface area contributed by atoms with Gasteiger partial charge in [0.1, 0.15) is 5.75 Å². The van der Waals surface area contributed by atoms with Gasteiger partial charge < -0.3 is 24.4 Å². The minimum Gasteiger partial charge on any atom is -0.504 e. The molecule has 0 radical (unpaired) electrons. The van der Waals surface area contributed by atoms with E-state index in [-0.39, 0.29) is 28.7 Å². The van der Waals surface area contributed by atoms with Gasteiger partial charge in [-0.25, -0.2) is 4.79 Å². The second-order valence-corrected chi connectivity index (χ2v) is 3.76. The molecule has 20 heavy (non-hydrogen) atoms. The Hall–Kier alpha value is -2.89. The number of ether oxygens (including phenoxy) is 3. The number of carbonyl (C=O) groups excluding carboxylic acids is 1. The first-order chi connectivity index (χ1) is 9.60. The number of para-hydroxylation sites is 2. The largest absolute Gasteiger partial charge is 0.519 e. The van der Waals surface area contributed by atoms with Crippen LogP contribution in [0.25, 0.3) is 0 Å². The minimum absolute atomic E-state index is 0.0183. The number of aromatic hydroxyl groups is 2. The predicted octanol–water partition coefficient (Wildman–Crippen LogP) is 2.68. The van der Waals surface area contributed by atoms with Gasteiger partial charge in [-0.15, -0.1) is 0 Å². The molecule has 0 atom stereocenters. The smallest absolute Gasteiger partial charge is 0.504 e. The molecule has 2 N–H and O–H groups in total. The fourth-order valence-electron chi connectivity index (χ4n) is 1.48. The van der Waals surface area contributed by atoms with Crippen molar-refractivity contribution in [3.05, 3.63) is 42.5 Å². The van der Waals surface area contributed by atoms with Gasteiger partial charge >= 0.3 is 6.16 Å². The molecule has 0 saturated carbocycles. The van der Waals surface area contributed by atoms with Gasteiger partial charge in [-0.2, -0.15) is 0 Å². The van der Waals surface area contributed by atoms with Crippen molar-refractivity contribution in [1.82, 2.24) is 0 Å². The van der Waals surface area contributed by atoms with Gasteiger partial charge in [-0.1, -0.05) is 12.1 Å². The van der Waals surface area contributed by atoms with E-state index in [9.17, 15) is 15.0 Å². The lowest BCUT2D eigenvalue weighted by Gasteiger charge is -2.08. The van der Waals surface area contributed by atoms with Crippen molar-refractivity contribution >= 4 is 6.16 Å². The number of rotatable bonds is 3. The lowest BCUT2D eigenvalue weighted by molar-refractivity contribution is 0.150. The molecule has 2 aromatic carbocycles. The molecular formula is C14H12O6. The predicted molar refractivity (Wildman–Crippen MR) is 69.4 cm³/mol. The normalized spacial score (nSPS) is 9.85. The average Bonchev–Trinajstić information content (AvgIpc) is 2.41. The van der Waals surface area contributed by atoms with Crippen LogP contribution in [-0.2, 0) is 0 Å². The van der Waals surface area contributed by atoms with Crippen LogP contribution in [0.15, 0.2) is 42.5 Å². The van der Waals surface area contributed by atoms with Crippen LogP contribution in [0.1, 0.15) is 0 Å². The van der Waals surface area contributed by atoms with Crippen LogP contribution in [0.5, 0.6) is 28.7 Å². The molecule has 0 heterocycles. The zero-order valence-corrected chi connectivity index (χ0v) is 10.6. The molecule has 104 valence electrons. The van der Waals surface area contributed by atoms with Crippen LogP contribution in [-0.4, -0.2) is 23.5 Å². The minimum atomic E-state index is -1.03. The maximum absolute atomic E-state index is 11.5. The summed E-state index contributed by atoms with van der Waals surface area (Å²) in [6.45, 7) is 0. The second-order valence-electron chi connectivity index (χ2n) is 3.76. The summed E-state index contributed by atoms with van der Waals surface area (Å²) in [7, 11) is 1.40. The zero-order valence-electron chi connectivity index (χ0n) is 10.6. The van der Waals surface area contributed by atoms with Gasteiger partial charge in [0.25, 0.3) is 0 Å². The highest BCUT2D eigenvalue weighted by Gasteiger charge is 2.12. The van der Waals surface area contributed by atoms with E-state index in [2.05, 4.69) is 0 Å². The summed E-state index contributed by atoms with van der Waals surface area (Å²) >= 11 is 0. The fraction of sp³-hybridized carbons (Fsp3) is 0.0714. The number of carbonyl (C=O) groups is 1. The summed E-state index contributed by atoms with van der Waals surface area (Å²) in [6, 6.07) is 10.1. The number of methoxy groups -OCH3 is 1. The van der Waals surface area contributed by atoms with Gasteiger partial charge in [-0.3, -0.25) is 0 Å². The standard InChI is InChI=1S/C14H12O6/c1-18-12-7-6-9(8-11(12)16)19-14(17)20-13-5-3-2-4-10(13)15/h2-8,15-16H,1H3. The third-order valence-electron chi connectivity index (χ3n) is 2.41. The number of benzene rings is 2. The highest BCUT2D eigenvalue weighted by atomic mass is 16.7. The van der Waals surface area contributed by atoms with E-state index in [1.807, 2.05) is 0 Å². The number of hydrogen-bond acceptors (Lipinski definition) is 6. The lowest BCUT2D eigenvalue weighted by Crippen LogP contribution is -2.13. The first kappa shape index (κ1) is 13.5. The molecular weight excluding hydrogens is 264 g/mol. The summed E-state index contributed by atoms with van der Waals surface area (Å²) in [6.07, 6.45) is -1.03. The fourth-order valence-corrected chi connectivity index (χ4v) is 1.48. The quantitative estimate of drug-likeness (QED) is 0.662. The van der Waals surface area contributed by atoms with Crippen molar-refractivity contribution in [2.24, 2.45) is 0 Å². The van der Waals surface area contributed by atoms with Crippen LogP contribution >= 0.6 is 0 Å². The van der Waals surface area contributed by atoms with Crippen LogP contribution in [0, 0.1) is 0 Å². The van der Waals surface area contributed by atoms with Gasteiger partial charge in [0.2, 0.25) is 0 Å². The highest BCUT2D eigenvalue weighted by Crippen LogP contribution is 2.30.